The molecule has 0 heterocycles. The molecule has 1 unspecified atom stereocenters. The molecule has 1 nitrogen and oxygen atoms in total. The molecule has 0 saturated carbocycles. The van der Waals surface area contributed by atoms with E-state index >= 15 is 0 Å². The zero-order valence-electron chi connectivity index (χ0n) is 9.13. The Morgan fingerprint density at radius 3 is 2.00 bits per heavy atom. The molecule has 0 fully saturated rings. The van der Waals surface area contributed by atoms with Gasteiger partial charge in [-0.2, -0.15) is 0 Å². The second-order valence-corrected chi connectivity index (χ2v) is 5.26. The van der Waals surface area contributed by atoms with Gasteiger partial charge in [0.1, 0.15) is 0 Å². The summed E-state index contributed by atoms with van der Waals surface area (Å²) in [5.74, 6) is 0. The van der Waals surface area contributed by atoms with E-state index in [1.807, 2.05) is 52.0 Å². The Balaban J connectivity index is 3.02. The second kappa shape index (κ2) is 4.56. The molecule has 0 N–H and O–H groups in total. The molecule has 0 radical (unpaired) electrons. The summed E-state index contributed by atoms with van der Waals surface area (Å²) >= 11 is 0. The number of hydrogen-bond acceptors (Lipinski definition) is 1. The van der Waals surface area contributed by atoms with E-state index < -0.39 is 10.8 Å². The molecule has 1 atom stereocenters. The summed E-state index contributed by atoms with van der Waals surface area (Å²) in [7, 11) is -0.987. The summed E-state index contributed by atoms with van der Waals surface area (Å²) < 4.78 is 12.0. The molecule has 14 heavy (non-hydrogen) atoms. The van der Waals surface area contributed by atoms with Gasteiger partial charge in [0.2, 0.25) is 0 Å². The van der Waals surface area contributed by atoms with Crippen LogP contribution in [0.1, 0.15) is 26.3 Å². The molecular weight excluding hydrogens is 192 g/mol. The van der Waals surface area contributed by atoms with E-state index in [1.54, 1.807) is 0 Å². The van der Waals surface area contributed by atoms with E-state index in [9.17, 15) is 4.21 Å². The van der Waals surface area contributed by atoms with Gasteiger partial charge in [-0.3, -0.25) is 0 Å². The minimum atomic E-state index is -0.987. The third-order valence-electron chi connectivity index (χ3n) is 2.22. The zero-order chi connectivity index (χ0) is 10.7. The van der Waals surface area contributed by atoms with Crippen molar-refractivity contribution in [1.29, 1.82) is 0 Å². The highest BCUT2D eigenvalue weighted by molar-refractivity contribution is 7.89. The molecule has 1 aromatic carbocycles. The molecule has 0 aromatic heterocycles. The van der Waals surface area contributed by atoms with Crippen molar-refractivity contribution >= 4 is 10.8 Å². The van der Waals surface area contributed by atoms with Gasteiger partial charge in [0.25, 0.3) is 0 Å². The second-order valence-electron chi connectivity index (χ2n) is 3.64. The normalized spacial score (nSPS) is 12.3. The maximum atomic E-state index is 12.0. The van der Waals surface area contributed by atoms with Crippen molar-refractivity contribution in [3.8, 4) is 0 Å². The molecule has 0 saturated heterocycles. The van der Waals surface area contributed by atoms with Crippen LogP contribution >= 0.6 is 0 Å². The molecule has 0 amide bonds. The Morgan fingerprint density at radius 2 is 1.57 bits per heavy atom. The molecule has 1 rings (SSSR count). The van der Waals surface area contributed by atoms with Gasteiger partial charge >= 0.3 is 0 Å². The van der Waals surface area contributed by atoms with Crippen LogP contribution in [0.3, 0.4) is 0 Å². The monoisotopic (exact) mass is 208 g/mol. The van der Waals surface area contributed by atoms with E-state index in [2.05, 4.69) is 0 Å². The van der Waals surface area contributed by atoms with Gasteiger partial charge in [0.15, 0.2) is 0 Å². The van der Waals surface area contributed by atoms with Gasteiger partial charge in [-0.25, -0.2) is 4.21 Å². The van der Waals surface area contributed by atoms with Gasteiger partial charge in [0, 0.05) is 9.80 Å². The highest BCUT2D eigenvalue weighted by Crippen LogP contribution is 2.17. The van der Waals surface area contributed by atoms with Crippen LogP contribution in [0.5, 0.6) is 0 Å². The van der Waals surface area contributed by atoms with Gasteiger partial charge in [0.05, 0.1) is 10.8 Å². The van der Waals surface area contributed by atoms with Crippen molar-refractivity contribution in [3.05, 3.63) is 40.3 Å². The Bertz CT molecular complexity index is 370. The van der Waals surface area contributed by atoms with Crippen LogP contribution < -0.4 is 0 Å². The molecule has 2 heteroatoms. The van der Waals surface area contributed by atoms with Crippen LogP contribution in [0.15, 0.2) is 39.6 Å². The number of allylic oxidation sites excluding steroid dienone is 2. The fraction of sp³-hybridized carbons (Fsp3) is 0.333. The number of hydrogen-bond donors (Lipinski definition) is 0. The molecule has 0 aliphatic carbocycles. The average Bonchev–Trinajstić information content (AvgIpc) is 2.16. The van der Waals surface area contributed by atoms with E-state index in [0.717, 1.165) is 15.4 Å². The summed E-state index contributed by atoms with van der Waals surface area (Å²) in [5.41, 5.74) is 2.32. The fourth-order valence-corrected chi connectivity index (χ4v) is 2.13. The molecule has 0 spiro atoms. The first-order valence-electron chi connectivity index (χ1n) is 4.65. The third-order valence-corrected chi connectivity index (χ3v) is 3.88. The van der Waals surface area contributed by atoms with Crippen molar-refractivity contribution in [2.45, 2.75) is 32.6 Å². The van der Waals surface area contributed by atoms with Gasteiger partial charge in [-0.1, -0.05) is 23.3 Å². The van der Waals surface area contributed by atoms with Crippen LogP contribution in [0, 0.1) is 6.92 Å². The predicted octanol–water partition coefficient (Wildman–Crippen LogP) is 3.42. The first kappa shape index (κ1) is 11.2. The molecule has 0 bridgehead atoms. The van der Waals surface area contributed by atoms with E-state index in [1.165, 1.54) is 5.56 Å². The highest BCUT2D eigenvalue weighted by atomic mass is 32.2. The Labute approximate surface area is 88.3 Å². The van der Waals surface area contributed by atoms with E-state index in [-0.39, 0.29) is 0 Å². The average molecular weight is 208 g/mol. The van der Waals surface area contributed by atoms with Crippen molar-refractivity contribution < 1.29 is 4.21 Å². The third kappa shape index (κ3) is 2.55. The minimum Gasteiger partial charge on any atom is -0.249 e. The largest absolute Gasteiger partial charge is 0.249 e. The smallest absolute Gasteiger partial charge is 0.0804 e. The minimum absolute atomic E-state index is 0.884. The first-order valence-corrected chi connectivity index (χ1v) is 5.80. The Kier molecular flexibility index (Phi) is 3.64. The lowest BCUT2D eigenvalue weighted by molar-refractivity contribution is 0.686. The van der Waals surface area contributed by atoms with Crippen LogP contribution in [0.4, 0.5) is 0 Å². The fourth-order valence-electron chi connectivity index (χ4n) is 1.02. The Morgan fingerprint density at radius 1 is 1.07 bits per heavy atom. The lowest BCUT2D eigenvalue weighted by Gasteiger charge is -2.04. The predicted molar refractivity (Wildman–Crippen MR) is 61.6 cm³/mol. The highest BCUT2D eigenvalue weighted by Gasteiger charge is 2.06. The number of aryl methyl sites for hydroxylation is 1. The molecular formula is C12H16OS. The summed E-state index contributed by atoms with van der Waals surface area (Å²) in [4.78, 5) is 1.84. The number of benzene rings is 1. The van der Waals surface area contributed by atoms with Crippen molar-refractivity contribution in [3.63, 3.8) is 0 Å². The van der Waals surface area contributed by atoms with Crippen LogP contribution in [0.25, 0.3) is 0 Å². The van der Waals surface area contributed by atoms with Crippen LogP contribution in [-0.2, 0) is 10.8 Å². The lowest BCUT2D eigenvalue weighted by Crippen LogP contribution is -1.94. The SMILES string of the molecule is CC(C)=C(C)S(=O)c1ccc(C)cc1. The maximum absolute atomic E-state index is 12.0. The van der Waals surface area contributed by atoms with Crippen molar-refractivity contribution in [2.24, 2.45) is 0 Å². The zero-order valence-corrected chi connectivity index (χ0v) is 9.94. The summed E-state index contributed by atoms with van der Waals surface area (Å²) in [5, 5.41) is 0. The van der Waals surface area contributed by atoms with Crippen LogP contribution in [0.2, 0.25) is 0 Å². The first-order chi connectivity index (χ1) is 6.52. The molecule has 0 aliphatic heterocycles. The van der Waals surface area contributed by atoms with Crippen LogP contribution in [-0.4, -0.2) is 4.21 Å². The maximum Gasteiger partial charge on any atom is 0.0804 e. The summed E-state index contributed by atoms with van der Waals surface area (Å²) in [6.07, 6.45) is 0. The van der Waals surface area contributed by atoms with Crippen molar-refractivity contribution in [1.82, 2.24) is 0 Å². The number of rotatable bonds is 2. The molecule has 76 valence electrons. The topological polar surface area (TPSA) is 17.1 Å². The molecule has 1 aromatic rings. The van der Waals surface area contributed by atoms with E-state index in [4.69, 9.17) is 0 Å². The summed E-state index contributed by atoms with van der Waals surface area (Å²) in [6.45, 7) is 7.93. The standard InChI is InChI=1S/C12H16OS/c1-9(2)11(4)14(13)12-7-5-10(3)6-8-12/h5-8H,1-4H3. The van der Waals surface area contributed by atoms with Gasteiger partial charge in [-0.05, 0) is 39.8 Å². The lowest BCUT2D eigenvalue weighted by atomic mass is 10.2. The van der Waals surface area contributed by atoms with Gasteiger partial charge in [-0.15, -0.1) is 0 Å². The quantitative estimate of drug-likeness (QED) is 0.728. The van der Waals surface area contributed by atoms with E-state index in [0.29, 0.717) is 0 Å². The van der Waals surface area contributed by atoms with Crippen molar-refractivity contribution in [2.75, 3.05) is 0 Å². The Hall–Kier alpha value is -0.890. The molecule has 0 aliphatic rings. The van der Waals surface area contributed by atoms with Gasteiger partial charge < -0.3 is 0 Å². The summed E-state index contributed by atoms with van der Waals surface area (Å²) in [6, 6.07) is 7.84.